The molecule has 0 heterocycles. The summed E-state index contributed by atoms with van der Waals surface area (Å²) in [6, 6.07) is 21.9. The molecule has 0 aromatic heterocycles. The van der Waals surface area contributed by atoms with E-state index >= 15 is 0 Å². The number of benzene rings is 3. The molecule has 0 bridgehead atoms. The van der Waals surface area contributed by atoms with Gasteiger partial charge in [-0.25, -0.2) is 8.42 Å². The van der Waals surface area contributed by atoms with Crippen LogP contribution in [0.3, 0.4) is 0 Å². The Balaban J connectivity index is 2.09. The van der Waals surface area contributed by atoms with Crippen LogP contribution in [0.15, 0.2) is 72.8 Å². The number of likely N-dealkylation sites (N-methyl/N-ethyl adjacent to an activating group) is 1. The first kappa shape index (κ1) is 28.9. The lowest BCUT2D eigenvalue weighted by Crippen LogP contribution is -2.53. The number of nitrogens with one attached hydrogen (secondary N) is 1. The summed E-state index contributed by atoms with van der Waals surface area (Å²) in [4.78, 5) is 29.0. The second-order valence-corrected chi connectivity index (χ2v) is 11.5. The molecule has 0 saturated heterocycles. The Kier molecular flexibility index (Phi) is 9.69. The van der Waals surface area contributed by atoms with Crippen molar-refractivity contribution < 1.29 is 18.0 Å². The van der Waals surface area contributed by atoms with Gasteiger partial charge in [-0.2, -0.15) is 0 Å². The van der Waals surface area contributed by atoms with Gasteiger partial charge in [-0.15, -0.1) is 0 Å². The van der Waals surface area contributed by atoms with Gasteiger partial charge < -0.3 is 10.2 Å². The minimum Gasteiger partial charge on any atom is -0.355 e. The van der Waals surface area contributed by atoms with Crippen LogP contribution in [0.4, 0.5) is 5.69 Å². The standard InChI is InChI=1S/C30H37N3O4S/c1-6-31-30(35)27(19-25-16-8-7-9-17-25)32(20-26-18-11-10-13-22(26)2)28(34)21-33(38(5,36)37)29-23(3)14-12-15-24(29)4/h7-18,27H,6,19-21H2,1-5H3,(H,31,35). The highest BCUT2D eigenvalue weighted by Crippen LogP contribution is 2.27. The number of para-hydroxylation sites is 1. The van der Waals surface area contributed by atoms with E-state index in [2.05, 4.69) is 5.32 Å². The van der Waals surface area contributed by atoms with Gasteiger partial charge in [-0.3, -0.25) is 13.9 Å². The van der Waals surface area contributed by atoms with Crippen molar-refractivity contribution in [3.63, 3.8) is 0 Å². The van der Waals surface area contributed by atoms with Crippen LogP contribution in [-0.2, 0) is 32.6 Å². The predicted octanol–water partition coefficient (Wildman–Crippen LogP) is 4.15. The Morgan fingerprint density at radius 1 is 0.842 bits per heavy atom. The zero-order chi connectivity index (χ0) is 27.9. The Bertz CT molecular complexity index is 1350. The number of carbonyl (C=O) groups excluding carboxylic acids is 2. The van der Waals surface area contributed by atoms with Crippen LogP contribution in [0.2, 0.25) is 0 Å². The lowest BCUT2D eigenvalue weighted by atomic mass is 10.0. The average molecular weight is 536 g/mol. The predicted molar refractivity (Wildman–Crippen MR) is 152 cm³/mol. The van der Waals surface area contributed by atoms with E-state index in [1.165, 1.54) is 4.90 Å². The van der Waals surface area contributed by atoms with E-state index in [9.17, 15) is 18.0 Å². The van der Waals surface area contributed by atoms with Crippen LogP contribution in [0, 0.1) is 20.8 Å². The Morgan fingerprint density at radius 2 is 1.42 bits per heavy atom. The minimum atomic E-state index is -3.80. The van der Waals surface area contributed by atoms with Crippen molar-refractivity contribution in [2.45, 2.75) is 46.7 Å². The number of aryl methyl sites for hydroxylation is 3. The molecule has 0 aliphatic carbocycles. The molecule has 8 heteroatoms. The summed E-state index contributed by atoms with van der Waals surface area (Å²) >= 11 is 0. The van der Waals surface area contributed by atoms with Crippen molar-refractivity contribution >= 4 is 27.5 Å². The van der Waals surface area contributed by atoms with Gasteiger partial charge in [-0.1, -0.05) is 72.8 Å². The molecule has 3 aromatic carbocycles. The average Bonchev–Trinajstić information content (AvgIpc) is 2.86. The molecule has 0 spiro atoms. The molecule has 1 unspecified atom stereocenters. The minimum absolute atomic E-state index is 0.171. The topological polar surface area (TPSA) is 86.8 Å². The largest absolute Gasteiger partial charge is 0.355 e. The third kappa shape index (κ3) is 7.22. The molecular weight excluding hydrogens is 498 g/mol. The second kappa shape index (κ2) is 12.7. The van der Waals surface area contributed by atoms with Crippen LogP contribution in [0.1, 0.15) is 34.7 Å². The van der Waals surface area contributed by atoms with Gasteiger partial charge in [0.05, 0.1) is 11.9 Å². The molecule has 1 N–H and O–H groups in total. The summed E-state index contributed by atoms with van der Waals surface area (Å²) in [5, 5.41) is 2.87. The highest BCUT2D eigenvalue weighted by molar-refractivity contribution is 7.92. The van der Waals surface area contributed by atoms with Crippen LogP contribution >= 0.6 is 0 Å². The lowest BCUT2D eigenvalue weighted by Gasteiger charge is -2.34. The molecule has 202 valence electrons. The quantitative estimate of drug-likeness (QED) is 0.400. The Hall–Kier alpha value is -3.65. The summed E-state index contributed by atoms with van der Waals surface area (Å²) < 4.78 is 27.1. The first-order valence-electron chi connectivity index (χ1n) is 12.7. The van der Waals surface area contributed by atoms with Crippen molar-refractivity contribution in [3.05, 3.63) is 101 Å². The maximum absolute atomic E-state index is 14.1. The molecule has 3 aromatic rings. The van der Waals surface area contributed by atoms with Gasteiger partial charge in [0, 0.05) is 19.5 Å². The maximum atomic E-state index is 14.1. The number of carbonyl (C=O) groups is 2. The molecule has 7 nitrogen and oxygen atoms in total. The van der Waals surface area contributed by atoms with Crippen molar-refractivity contribution in [1.29, 1.82) is 0 Å². The maximum Gasteiger partial charge on any atom is 0.244 e. The van der Waals surface area contributed by atoms with Gasteiger partial charge in [-0.05, 0) is 55.5 Å². The summed E-state index contributed by atoms with van der Waals surface area (Å²) in [7, 11) is -3.80. The molecule has 0 fully saturated rings. The highest BCUT2D eigenvalue weighted by Gasteiger charge is 2.33. The summed E-state index contributed by atoms with van der Waals surface area (Å²) in [6.07, 6.45) is 1.40. The second-order valence-electron chi connectivity index (χ2n) is 9.56. The number of hydrogen-bond donors (Lipinski definition) is 1. The Morgan fingerprint density at radius 3 is 2.00 bits per heavy atom. The van der Waals surface area contributed by atoms with E-state index in [4.69, 9.17) is 0 Å². The van der Waals surface area contributed by atoms with Crippen molar-refractivity contribution in [2.24, 2.45) is 0 Å². The highest BCUT2D eigenvalue weighted by atomic mass is 32.2. The van der Waals surface area contributed by atoms with Crippen LogP contribution in [-0.4, -0.2) is 50.5 Å². The lowest BCUT2D eigenvalue weighted by molar-refractivity contribution is -0.140. The summed E-state index contributed by atoms with van der Waals surface area (Å²) in [5.41, 5.74) is 4.75. The van der Waals surface area contributed by atoms with E-state index in [1.807, 2.05) is 100 Å². The fraction of sp³-hybridized carbons (Fsp3) is 0.333. The van der Waals surface area contributed by atoms with Crippen LogP contribution in [0.5, 0.6) is 0 Å². The number of sulfonamides is 1. The van der Waals surface area contributed by atoms with Gasteiger partial charge in [0.2, 0.25) is 21.8 Å². The zero-order valence-corrected chi connectivity index (χ0v) is 23.6. The van der Waals surface area contributed by atoms with Crippen molar-refractivity contribution in [2.75, 3.05) is 23.7 Å². The van der Waals surface area contributed by atoms with Gasteiger partial charge >= 0.3 is 0 Å². The van der Waals surface area contributed by atoms with Crippen molar-refractivity contribution in [1.82, 2.24) is 10.2 Å². The van der Waals surface area contributed by atoms with Crippen LogP contribution in [0.25, 0.3) is 0 Å². The number of nitrogens with zero attached hydrogens (tertiary/aromatic N) is 2. The first-order valence-corrected chi connectivity index (χ1v) is 14.6. The van der Waals surface area contributed by atoms with Gasteiger partial charge in [0.15, 0.2) is 0 Å². The number of hydrogen-bond acceptors (Lipinski definition) is 4. The smallest absolute Gasteiger partial charge is 0.244 e. The van der Waals surface area contributed by atoms with Gasteiger partial charge in [0.1, 0.15) is 12.6 Å². The number of rotatable bonds is 11. The molecular formula is C30H37N3O4S. The molecule has 3 rings (SSSR count). The van der Waals surface area contributed by atoms with Gasteiger partial charge in [0.25, 0.3) is 0 Å². The van der Waals surface area contributed by atoms with Crippen LogP contribution < -0.4 is 9.62 Å². The monoisotopic (exact) mass is 535 g/mol. The number of anilines is 1. The molecule has 1 atom stereocenters. The van der Waals surface area contributed by atoms with E-state index in [0.29, 0.717) is 18.7 Å². The van der Waals surface area contributed by atoms with E-state index in [0.717, 1.165) is 38.4 Å². The molecule has 0 aliphatic rings. The number of amides is 2. The SMILES string of the molecule is CCNC(=O)C(Cc1ccccc1)N(Cc1ccccc1C)C(=O)CN(c1c(C)cccc1C)S(C)(=O)=O. The fourth-order valence-corrected chi connectivity index (χ4v) is 5.56. The first-order chi connectivity index (χ1) is 18.0. The van der Waals surface area contributed by atoms with E-state index in [1.54, 1.807) is 0 Å². The third-order valence-electron chi connectivity index (χ3n) is 6.59. The van der Waals surface area contributed by atoms with E-state index < -0.39 is 28.5 Å². The molecule has 0 aliphatic heterocycles. The summed E-state index contributed by atoms with van der Waals surface area (Å²) in [6.45, 7) is 7.60. The van der Waals surface area contributed by atoms with E-state index in [-0.39, 0.29) is 12.5 Å². The normalized spacial score (nSPS) is 12.0. The molecule has 0 saturated carbocycles. The zero-order valence-electron chi connectivity index (χ0n) is 22.8. The Labute approximate surface area is 226 Å². The molecule has 2 amide bonds. The summed E-state index contributed by atoms with van der Waals surface area (Å²) in [5.74, 6) is -0.732. The molecule has 0 radical (unpaired) electrons. The fourth-order valence-electron chi connectivity index (χ4n) is 4.59. The molecule has 38 heavy (non-hydrogen) atoms. The van der Waals surface area contributed by atoms with Crippen molar-refractivity contribution in [3.8, 4) is 0 Å². The third-order valence-corrected chi connectivity index (χ3v) is 7.70.